The van der Waals surface area contributed by atoms with E-state index in [0.29, 0.717) is 61.0 Å². The summed E-state index contributed by atoms with van der Waals surface area (Å²) >= 11 is 0. The fraction of sp³-hybridized carbons (Fsp3) is 0.435. The number of hydrogen-bond donors (Lipinski definition) is 8. The first kappa shape index (κ1) is 101. The molecule has 8 amide bonds. The minimum Gasteiger partial charge on any atom is -0.480 e. The van der Waals surface area contributed by atoms with Crippen LogP contribution in [0.25, 0.3) is 22.3 Å². The number of aliphatic hydroxyl groups is 2. The highest BCUT2D eigenvalue weighted by Crippen LogP contribution is 2.43. The Labute approximate surface area is 693 Å². The van der Waals surface area contributed by atoms with Crippen molar-refractivity contribution in [1.82, 2.24) is 39.4 Å². The van der Waals surface area contributed by atoms with Crippen molar-refractivity contribution in [3.63, 3.8) is 0 Å². The van der Waals surface area contributed by atoms with Crippen LogP contribution in [0.2, 0.25) is 25.7 Å². The quantitative estimate of drug-likeness (QED) is 0.00793. The Bertz CT molecular complexity index is 4520. The first-order chi connectivity index (χ1) is 56.2. The number of ketones is 2. The van der Waals surface area contributed by atoms with Gasteiger partial charge in [-0.1, -0.05) is 142 Å². The van der Waals surface area contributed by atoms with Crippen LogP contribution in [0.5, 0.6) is 0 Å². The molecule has 4 heterocycles. The summed E-state index contributed by atoms with van der Waals surface area (Å²) in [6.45, 7) is 21.2. The highest BCUT2D eigenvalue weighted by atomic mass is 28.3. The Balaban J connectivity index is 0.000000396. The number of benzene rings is 4. The molecule has 0 aliphatic carbocycles. The number of hydrogen-bond acceptors (Lipinski definition) is 17. The molecule has 0 fully saturated rings. The van der Waals surface area contributed by atoms with Gasteiger partial charge in [0.2, 0.25) is 17.7 Å². The average molecular weight is 1700 g/mol. The normalized spacial score (nSPS) is 13.6. The number of imide groups is 2. The molecule has 2 aromatic heterocycles. The molecule has 4 aromatic carbocycles. The van der Waals surface area contributed by atoms with Crippen molar-refractivity contribution in [1.29, 1.82) is 0 Å². The average Bonchev–Trinajstić information content (AvgIpc) is 1.60. The number of aliphatic carboxylic acids is 2. The van der Waals surface area contributed by atoms with Crippen LogP contribution < -0.4 is 22.1 Å². The predicted molar refractivity (Wildman–Crippen MR) is 436 cm³/mol. The van der Waals surface area contributed by atoms with Crippen molar-refractivity contribution >= 4 is 79.0 Å². The summed E-state index contributed by atoms with van der Waals surface area (Å²) in [4.78, 5) is 147. The lowest BCUT2D eigenvalue weighted by atomic mass is 9.82. The second-order valence-corrected chi connectivity index (χ2v) is 37.2. The summed E-state index contributed by atoms with van der Waals surface area (Å²) in [7, 11) is -1.48. The number of ether oxygens (including phenoxy) is 1. The van der Waals surface area contributed by atoms with Gasteiger partial charge in [-0.15, -0.1) is 0 Å². The maximum absolute atomic E-state index is 15.0. The second-order valence-electron chi connectivity index (χ2n) is 31.5. The fourth-order valence-electron chi connectivity index (χ4n) is 12.4. The molecule has 2 aliphatic rings. The van der Waals surface area contributed by atoms with Gasteiger partial charge in [-0.3, -0.25) is 53.0 Å². The van der Waals surface area contributed by atoms with E-state index in [1.54, 1.807) is 24.5 Å². The lowest BCUT2D eigenvalue weighted by Gasteiger charge is -2.41. The molecule has 8 rings (SSSR count). The summed E-state index contributed by atoms with van der Waals surface area (Å²) in [5.74, 6) is -10.7. The first-order valence-corrected chi connectivity index (χ1v) is 42.4. The molecular formula is C85H109F7N10O17Si. The Morgan fingerprint density at radius 1 is 0.575 bits per heavy atom. The number of Topliss-reactive ketones (excluding diaryl/α,β-unsaturated/α-hetero) is 2. The van der Waals surface area contributed by atoms with Gasteiger partial charge < -0.3 is 66.2 Å². The number of amides is 8. The molecule has 6 aromatic rings. The molecular weight excluding hydrogens is 1590 g/mol. The van der Waals surface area contributed by atoms with Crippen molar-refractivity contribution in [2.45, 2.75) is 169 Å². The van der Waals surface area contributed by atoms with Crippen molar-refractivity contribution in [2.24, 2.45) is 22.3 Å². The zero-order valence-electron chi connectivity index (χ0n) is 69.2. The second kappa shape index (κ2) is 47.5. The van der Waals surface area contributed by atoms with Gasteiger partial charge in [0.25, 0.3) is 23.6 Å². The molecule has 35 heteroatoms. The lowest BCUT2D eigenvalue weighted by Crippen LogP contribution is -2.48. The van der Waals surface area contributed by atoms with Crippen LogP contribution in [-0.4, -0.2) is 206 Å². The van der Waals surface area contributed by atoms with Crippen LogP contribution >= 0.6 is 0 Å². The van der Waals surface area contributed by atoms with Gasteiger partial charge in [-0.2, -0.15) is 13.2 Å². The Hall–Kier alpha value is -11.3. The highest BCUT2D eigenvalue weighted by molar-refractivity contribution is 6.76. The molecule has 0 saturated carbocycles. The van der Waals surface area contributed by atoms with Crippen LogP contribution in [-0.2, 0) is 70.6 Å². The van der Waals surface area contributed by atoms with Crippen molar-refractivity contribution in [3.8, 4) is 22.3 Å². The van der Waals surface area contributed by atoms with Gasteiger partial charge in [-0.05, 0) is 109 Å². The Kier molecular flexibility index (Phi) is 40.0. The van der Waals surface area contributed by atoms with Gasteiger partial charge >= 0.3 is 24.2 Å². The number of carbonyl (C=O) groups excluding carboxylic acids is 10. The minimum atomic E-state index is -5.08. The number of rotatable bonds is 35. The molecule has 27 nitrogen and oxygen atoms in total. The van der Waals surface area contributed by atoms with E-state index in [1.807, 2.05) is 111 Å². The van der Waals surface area contributed by atoms with E-state index < -0.39 is 145 Å². The fourth-order valence-corrected chi connectivity index (χ4v) is 13.1. The van der Waals surface area contributed by atoms with Crippen LogP contribution in [0.1, 0.15) is 135 Å². The van der Waals surface area contributed by atoms with Gasteiger partial charge in [0.05, 0.1) is 37.8 Å². The lowest BCUT2D eigenvalue weighted by molar-refractivity contribution is -0.192. The zero-order valence-corrected chi connectivity index (χ0v) is 70.2. The molecule has 0 spiro atoms. The number of nitrogens with zero attached hydrogens (tertiary/aromatic N) is 6. The summed E-state index contributed by atoms with van der Waals surface area (Å²) in [6.07, 6.45) is 4.28. The Morgan fingerprint density at radius 2 is 0.958 bits per heavy atom. The molecule has 0 radical (unpaired) electrons. The maximum atomic E-state index is 15.0. The number of aliphatic hydroxyl groups excluding tert-OH is 2. The van der Waals surface area contributed by atoms with Crippen molar-refractivity contribution in [3.05, 3.63) is 192 Å². The third kappa shape index (κ3) is 32.8. The smallest absolute Gasteiger partial charge is 0.480 e. The number of nitrogens with two attached hydrogens (primary N) is 2. The van der Waals surface area contributed by atoms with Crippen molar-refractivity contribution < 1.29 is 113 Å². The van der Waals surface area contributed by atoms with E-state index >= 15 is 0 Å². The summed E-state index contributed by atoms with van der Waals surface area (Å²) in [5, 5.41) is 42.1. The minimum absolute atomic E-state index is 0.0134. The number of aromatic nitrogens is 2. The van der Waals surface area contributed by atoms with E-state index in [1.165, 1.54) is 28.4 Å². The van der Waals surface area contributed by atoms with E-state index in [0.717, 1.165) is 69.5 Å². The molecule has 0 saturated heterocycles. The number of alkyl halides is 3. The molecule has 120 heavy (non-hydrogen) atoms. The predicted octanol–water partition coefficient (Wildman–Crippen LogP) is 11.1. The molecule has 10 N–H and O–H groups in total. The van der Waals surface area contributed by atoms with Gasteiger partial charge in [-0.25, -0.2) is 31.9 Å². The van der Waals surface area contributed by atoms with Crippen LogP contribution in [0.4, 0.5) is 35.5 Å². The summed E-state index contributed by atoms with van der Waals surface area (Å²) in [6, 6.07) is 25.6. The third-order valence-corrected chi connectivity index (χ3v) is 19.8. The van der Waals surface area contributed by atoms with E-state index in [-0.39, 0.29) is 87.7 Å². The van der Waals surface area contributed by atoms with Crippen molar-refractivity contribution in [2.75, 3.05) is 59.1 Å². The molecule has 0 unspecified atom stereocenters. The van der Waals surface area contributed by atoms with Gasteiger partial charge in [0, 0.05) is 124 Å². The number of nitrogens with one attached hydrogen (secondary N) is 2. The monoisotopic (exact) mass is 1700 g/mol. The summed E-state index contributed by atoms with van der Waals surface area (Å²) < 4.78 is 99.1. The van der Waals surface area contributed by atoms with E-state index in [2.05, 4.69) is 44.1 Å². The van der Waals surface area contributed by atoms with E-state index in [9.17, 15) is 98.8 Å². The SMILES string of the molecule is CC(C)(C)[C@H](c1cc(-c2cc(F)ccc2F)cn1Cc1ccccc1)N(CC[C@H](N)C(=O)NCCCC(=O)CN1C(=O)C=CC1=O)C(=O)CO.CC(C)(C)[C@H](c1cc(-c2cc(F)ccc2F)cn1Cc1ccccc1)N(CC[C@H](NC(=O)OCC[Si](C)(C)C)C(=O)O)C(=O)CO.CCC.NCCCC(=O)CN1C(=O)C=CC1=O.O=C(O)C(F)(F)F. The van der Waals surface area contributed by atoms with E-state index in [4.69, 9.17) is 26.1 Å². The summed E-state index contributed by atoms with van der Waals surface area (Å²) in [5.41, 5.74) is 14.1. The van der Waals surface area contributed by atoms with Crippen LogP contribution in [0.15, 0.2) is 146 Å². The highest BCUT2D eigenvalue weighted by Gasteiger charge is 2.41. The van der Waals surface area contributed by atoms with Gasteiger partial charge in [0.1, 0.15) is 42.5 Å². The van der Waals surface area contributed by atoms with Gasteiger partial charge in [0.15, 0.2) is 11.6 Å². The largest absolute Gasteiger partial charge is 0.490 e. The Morgan fingerprint density at radius 3 is 1.31 bits per heavy atom. The maximum Gasteiger partial charge on any atom is 0.490 e. The third-order valence-electron chi connectivity index (χ3n) is 18.1. The molecule has 0 bridgehead atoms. The van der Waals surface area contributed by atoms with Crippen LogP contribution in [0.3, 0.4) is 0 Å². The number of carbonyl (C=O) groups is 12. The number of alkyl carbamates (subject to hydrolysis) is 1. The first-order valence-electron chi connectivity index (χ1n) is 38.7. The topological polar surface area (TPSA) is 394 Å². The number of carboxylic acids is 2. The molecule has 2 aliphatic heterocycles. The molecule has 4 atom stereocenters. The number of halogens is 7. The van der Waals surface area contributed by atoms with Crippen LogP contribution in [0, 0.1) is 34.1 Å². The zero-order chi connectivity index (χ0) is 90.2. The number of carboxylic acid groups (broad SMARTS) is 2. The molecule has 654 valence electrons. The standard InChI is InChI=1S/C37H43F2N5O6.C34H45F2N3O6Si.C9H12N2O3.C3H8.C2HF3O2/c1-37(2,3)35(31-18-25(28-19-26(38)11-12-29(28)39)21-42(31)20-24-8-5-4-6-9-24)43(34(49)23-45)17-15-30(40)36(50)41-16-7-10-27(46)22-44-32(47)13-14-33(44)48;1-34(2,3)31(39(30(41)22-40)15-14-28(32(42)43)37-33(44)45-16-17-46(4,5)6)29-18-24(26-19-25(35)12-13-27(26)36)21-38(29)20-23-10-8-7-9-11-23;10-5-1-2-7(12)6-11-8(13)3-4-9(11)14;1-3-2;3-2(4,5)1(6)7/h4-6,8-9,11-14,18-19,21,30,35,45H,7,10,15-17,20,22-23,40H2,1-3H3,(H,41,50);7-13,18-19,21,28,31,40H,14-17,20,22H2,1-6H3,(H,37,44)(H,42,43);3-4H,1-2,5-6,10H2;3H2,1-2H3;(H,6,7)/t30-,35-;28-,31-;;;/m00.../s1.